The number of benzene rings is 1. The highest BCUT2D eigenvalue weighted by Crippen LogP contribution is 2.30. The molecule has 4 rings (SSSR count). The Balaban J connectivity index is 1.53. The molecule has 3 aromatic rings. The maximum atomic E-state index is 13.6. The van der Waals surface area contributed by atoms with E-state index in [-0.39, 0.29) is 11.8 Å². The topological polar surface area (TPSA) is 89.2 Å². The van der Waals surface area contributed by atoms with Crippen LogP contribution in [0, 0.1) is 12.7 Å². The molecule has 0 unspecified atom stereocenters. The first-order chi connectivity index (χ1) is 14.9. The van der Waals surface area contributed by atoms with Crippen LogP contribution in [0.15, 0.2) is 42.5 Å². The van der Waals surface area contributed by atoms with E-state index in [9.17, 15) is 14.0 Å². The Hall–Kier alpha value is -3.35. The van der Waals surface area contributed by atoms with Crippen LogP contribution in [0.2, 0.25) is 0 Å². The number of halogens is 1. The molecule has 0 aliphatic carbocycles. The first-order valence-electron chi connectivity index (χ1n) is 10.5. The van der Waals surface area contributed by atoms with E-state index in [4.69, 9.17) is 5.73 Å². The lowest BCUT2D eigenvalue weighted by molar-refractivity contribution is -0.132. The van der Waals surface area contributed by atoms with Crippen molar-refractivity contribution in [3.63, 3.8) is 0 Å². The second-order valence-corrected chi connectivity index (χ2v) is 8.07. The molecule has 2 amide bonds. The van der Waals surface area contributed by atoms with Gasteiger partial charge in [0.2, 0.25) is 5.91 Å². The predicted octanol–water partition coefficient (Wildman–Crippen LogP) is 3.52. The standard InChI is InChI=1S/C24H25FN4O2/c1-15-4-2-6-19(27-15)8-10-22(30)29-11-3-5-16(14-29)23-20(24(26)31)13-17-12-18(25)7-9-21(17)28-23/h2,4,6-7,9,12-13,16H,3,5,8,10-11,14H2,1H3,(H2,26,31)/t16-/m0/s1. The van der Waals surface area contributed by atoms with Gasteiger partial charge in [0.15, 0.2) is 0 Å². The number of pyridine rings is 2. The van der Waals surface area contributed by atoms with Crippen molar-refractivity contribution in [3.05, 3.63) is 70.9 Å². The number of aryl methyl sites for hydroxylation is 2. The zero-order chi connectivity index (χ0) is 22.0. The van der Waals surface area contributed by atoms with E-state index in [0.717, 1.165) is 24.2 Å². The highest BCUT2D eigenvalue weighted by atomic mass is 19.1. The number of nitrogens with two attached hydrogens (primary N) is 1. The molecule has 0 radical (unpaired) electrons. The summed E-state index contributed by atoms with van der Waals surface area (Å²) in [4.78, 5) is 35.9. The van der Waals surface area contributed by atoms with E-state index in [0.29, 0.717) is 48.1 Å². The number of fused-ring (bicyclic) bond motifs is 1. The van der Waals surface area contributed by atoms with E-state index in [1.54, 1.807) is 12.1 Å². The largest absolute Gasteiger partial charge is 0.366 e. The summed E-state index contributed by atoms with van der Waals surface area (Å²) in [5.74, 6) is -1.01. The van der Waals surface area contributed by atoms with Crippen LogP contribution in [-0.2, 0) is 11.2 Å². The quantitative estimate of drug-likeness (QED) is 0.684. The molecule has 6 nitrogen and oxygen atoms in total. The molecule has 1 fully saturated rings. The van der Waals surface area contributed by atoms with Gasteiger partial charge >= 0.3 is 0 Å². The predicted molar refractivity (Wildman–Crippen MR) is 116 cm³/mol. The molecule has 0 bridgehead atoms. The molecular weight excluding hydrogens is 395 g/mol. The Morgan fingerprint density at radius 2 is 2.03 bits per heavy atom. The van der Waals surface area contributed by atoms with Gasteiger partial charge in [0.1, 0.15) is 5.82 Å². The van der Waals surface area contributed by atoms with Gasteiger partial charge in [-0.1, -0.05) is 6.07 Å². The van der Waals surface area contributed by atoms with E-state index >= 15 is 0 Å². The van der Waals surface area contributed by atoms with Crippen LogP contribution >= 0.6 is 0 Å². The Morgan fingerprint density at radius 1 is 1.19 bits per heavy atom. The highest BCUT2D eigenvalue weighted by molar-refractivity contribution is 5.97. The van der Waals surface area contributed by atoms with Crippen LogP contribution in [0.1, 0.15) is 52.6 Å². The summed E-state index contributed by atoms with van der Waals surface area (Å²) in [7, 11) is 0. The maximum absolute atomic E-state index is 13.6. The number of carbonyl (C=O) groups excluding carboxylic acids is 2. The lowest BCUT2D eigenvalue weighted by atomic mass is 9.90. The minimum absolute atomic E-state index is 0.0662. The van der Waals surface area contributed by atoms with Crippen molar-refractivity contribution in [1.29, 1.82) is 0 Å². The maximum Gasteiger partial charge on any atom is 0.250 e. The first kappa shape index (κ1) is 20.9. The van der Waals surface area contributed by atoms with Crippen molar-refractivity contribution in [3.8, 4) is 0 Å². The van der Waals surface area contributed by atoms with Gasteiger partial charge in [-0.15, -0.1) is 0 Å². The van der Waals surface area contributed by atoms with Crippen molar-refractivity contribution in [1.82, 2.24) is 14.9 Å². The summed E-state index contributed by atoms with van der Waals surface area (Å²) in [6.45, 7) is 3.10. The fourth-order valence-corrected chi connectivity index (χ4v) is 4.23. The third-order valence-electron chi connectivity index (χ3n) is 5.77. The van der Waals surface area contributed by atoms with Crippen LogP contribution in [0.25, 0.3) is 10.9 Å². The molecule has 1 atom stereocenters. The minimum Gasteiger partial charge on any atom is -0.366 e. The summed E-state index contributed by atoms with van der Waals surface area (Å²) in [5.41, 5.74) is 8.93. The highest BCUT2D eigenvalue weighted by Gasteiger charge is 2.28. The number of likely N-dealkylation sites (tertiary alicyclic amines) is 1. The molecule has 1 aromatic carbocycles. The van der Waals surface area contributed by atoms with E-state index in [1.807, 2.05) is 30.0 Å². The smallest absolute Gasteiger partial charge is 0.250 e. The van der Waals surface area contributed by atoms with Crippen molar-refractivity contribution < 1.29 is 14.0 Å². The Bertz CT molecular complexity index is 1150. The van der Waals surface area contributed by atoms with Crippen LogP contribution in [-0.4, -0.2) is 39.8 Å². The third kappa shape index (κ3) is 4.71. The summed E-state index contributed by atoms with van der Waals surface area (Å²) in [6.07, 6.45) is 2.61. The molecule has 2 aromatic heterocycles. The van der Waals surface area contributed by atoms with Gasteiger partial charge in [-0.25, -0.2) is 4.39 Å². The molecule has 31 heavy (non-hydrogen) atoms. The van der Waals surface area contributed by atoms with Gasteiger partial charge in [-0.3, -0.25) is 19.6 Å². The van der Waals surface area contributed by atoms with Gasteiger partial charge in [0.25, 0.3) is 5.91 Å². The van der Waals surface area contributed by atoms with Crippen molar-refractivity contribution in [2.75, 3.05) is 13.1 Å². The molecule has 3 heterocycles. The molecule has 2 N–H and O–H groups in total. The summed E-state index contributed by atoms with van der Waals surface area (Å²) in [6, 6.07) is 11.7. The SMILES string of the molecule is Cc1cccc(CCC(=O)N2CCC[C@H](c3nc4ccc(F)cc4cc3C(N)=O)C2)n1. The number of amides is 2. The summed E-state index contributed by atoms with van der Waals surface area (Å²) < 4.78 is 13.6. The van der Waals surface area contributed by atoms with Crippen molar-refractivity contribution >= 4 is 22.7 Å². The lowest BCUT2D eigenvalue weighted by Crippen LogP contribution is -2.40. The lowest BCUT2D eigenvalue weighted by Gasteiger charge is -2.33. The van der Waals surface area contributed by atoms with Gasteiger partial charge in [0.05, 0.1) is 16.8 Å². The minimum atomic E-state index is -0.595. The van der Waals surface area contributed by atoms with E-state index in [2.05, 4.69) is 9.97 Å². The number of piperidine rings is 1. The van der Waals surface area contributed by atoms with Crippen molar-refractivity contribution in [2.24, 2.45) is 5.73 Å². The van der Waals surface area contributed by atoms with Crippen LogP contribution < -0.4 is 5.73 Å². The molecule has 0 spiro atoms. The molecule has 1 aliphatic heterocycles. The summed E-state index contributed by atoms with van der Waals surface area (Å²) >= 11 is 0. The molecular formula is C24H25FN4O2. The van der Waals surface area contributed by atoms with Crippen LogP contribution in [0.4, 0.5) is 4.39 Å². The van der Waals surface area contributed by atoms with Gasteiger partial charge in [-0.2, -0.15) is 0 Å². The molecule has 0 saturated carbocycles. The average Bonchev–Trinajstić information content (AvgIpc) is 2.76. The number of hydrogen-bond acceptors (Lipinski definition) is 4. The first-order valence-corrected chi connectivity index (χ1v) is 10.5. The second kappa shape index (κ2) is 8.79. The van der Waals surface area contributed by atoms with Gasteiger partial charge < -0.3 is 10.6 Å². The molecule has 160 valence electrons. The Morgan fingerprint density at radius 3 is 2.81 bits per heavy atom. The Labute approximate surface area is 180 Å². The van der Waals surface area contributed by atoms with Crippen LogP contribution in [0.5, 0.6) is 0 Å². The fraction of sp³-hybridized carbons (Fsp3) is 0.333. The fourth-order valence-electron chi connectivity index (χ4n) is 4.23. The number of aromatic nitrogens is 2. The monoisotopic (exact) mass is 420 g/mol. The van der Waals surface area contributed by atoms with Gasteiger partial charge in [-0.05, 0) is 62.6 Å². The number of hydrogen-bond donors (Lipinski definition) is 1. The number of rotatable bonds is 5. The zero-order valence-corrected chi connectivity index (χ0v) is 17.5. The molecule has 1 aliphatic rings. The number of nitrogens with zero attached hydrogens (tertiary/aromatic N) is 3. The van der Waals surface area contributed by atoms with Crippen LogP contribution in [0.3, 0.4) is 0 Å². The number of carbonyl (C=O) groups is 2. The van der Waals surface area contributed by atoms with Crippen molar-refractivity contribution in [2.45, 2.75) is 38.5 Å². The van der Waals surface area contributed by atoms with E-state index in [1.165, 1.54) is 12.1 Å². The van der Waals surface area contributed by atoms with Gasteiger partial charge in [0, 0.05) is 42.2 Å². The zero-order valence-electron chi connectivity index (χ0n) is 17.5. The molecule has 1 saturated heterocycles. The third-order valence-corrected chi connectivity index (χ3v) is 5.77. The Kier molecular flexibility index (Phi) is 5.93. The normalized spacial score (nSPS) is 16.5. The summed E-state index contributed by atoms with van der Waals surface area (Å²) in [5, 5.41) is 0.534. The molecule has 7 heteroatoms. The number of primary amides is 1. The second-order valence-electron chi connectivity index (χ2n) is 8.07. The van der Waals surface area contributed by atoms with E-state index < -0.39 is 11.7 Å². The average molecular weight is 420 g/mol.